The fourth-order valence-electron chi connectivity index (χ4n) is 1.18. The Kier molecular flexibility index (Phi) is 3.65. The van der Waals surface area contributed by atoms with Crippen molar-refractivity contribution < 1.29 is 0 Å². The zero-order valence-corrected chi connectivity index (χ0v) is 9.03. The third-order valence-corrected chi connectivity index (χ3v) is 1.90. The number of aromatic nitrogens is 3. The second-order valence-electron chi connectivity index (χ2n) is 2.93. The molecule has 0 aliphatic heterocycles. The van der Waals surface area contributed by atoms with Gasteiger partial charge < -0.3 is 5.43 Å². The zero-order valence-electron chi connectivity index (χ0n) is 8.21. The summed E-state index contributed by atoms with van der Waals surface area (Å²) in [6.07, 6.45) is 1.68. The molecular weight excluding hydrogens is 214 g/mol. The van der Waals surface area contributed by atoms with Crippen molar-refractivity contribution in [2.45, 2.75) is 6.92 Å². The average molecular weight is 226 g/mol. The summed E-state index contributed by atoms with van der Waals surface area (Å²) in [6, 6.07) is 7.60. The standard InChI is InChI=1S/C9H11N5.ClH/c1-7-11-6-14(13-7)9-4-2-8(12-10)3-5-9;/h2-6,12H,10H2,1H3;1H. The van der Waals surface area contributed by atoms with Crippen LogP contribution in [0.3, 0.4) is 0 Å². The molecule has 0 unspecified atom stereocenters. The van der Waals surface area contributed by atoms with Crippen molar-refractivity contribution >= 4 is 18.1 Å². The molecule has 0 aliphatic carbocycles. The Bertz CT molecular complexity index is 422. The van der Waals surface area contributed by atoms with Gasteiger partial charge >= 0.3 is 0 Å². The first-order chi connectivity index (χ1) is 6.79. The fraction of sp³-hybridized carbons (Fsp3) is 0.111. The van der Waals surface area contributed by atoms with E-state index in [2.05, 4.69) is 15.5 Å². The molecule has 0 saturated heterocycles. The molecule has 2 aromatic rings. The minimum absolute atomic E-state index is 0. The molecule has 80 valence electrons. The molecule has 3 N–H and O–H groups in total. The number of halogens is 1. The van der Waals surface area contributed by atoms with Gasteiger partial charge in [-0.2, -0.15) is 5.10 Å². The Morgan fingerprint density at radius 3 is 2.40 bits per heavy atom. The third-order valence-electron chi connectivity index (χ3n) is 1.90. The second-order valence-corrected chi connectivity index (χ2v) is 2.93. The number of nitrogens with one attached hydrogen (secondary N) is 1. The number of hydrogen-bond acceptors (Lipinski definition) is 4. The molecule has 6 heteroatoms. The van der Waals surface area contributed by atoms with Crippen molar-refractivity contribution in [2.24, 2.45) is 5.84 Å². The molecule has 0 saturated carbocycles. The Balaban J connectivity index is 0.00000112. The summed E-state index contributed by atoms with van der Waals surface area (Å²) < 4.78 is 1.72. The van der Waals surface area contributed by atoms with Crippen LogP contribution in [0.2, 0.25) is 0 Å². The van der Waals surface area contributed by atoms with E-state index >= 15 is 0 Å². The number of nitrogens with zero attached hydrogens (tertiary/aromatic N) is 3. The van der Waals surface area contributed by atoms with E-state index in [9.17, 15) is 0 Å². The molecule has 0 bridgehead atoms. The monoisotopic (exact) mass is 225 g/mol. The number of aryl methyl sites for hydroxylation is 1. The van der Waals surface area contributed by atoms with Crippen LogP contribution in [0.25, 0.3) is 5.69 Å². The van der Waals surface area contributed by atoms with Crippen molar-refractivity contribution in [3.63, 3.8) is 0 Å². The van der Waals surface area contributed by atoms with Crippen LogP contribution in [-0.2, 0) is 0 Å². The lowest BCUT2D eigenvalue weighted by Crippen LogP contribution is -2.06. The van der Waals surface area contributed by atoms with Crippen molar-refractivity contribution in [1.82, 2.24) is 14.8 Å². The summed E-state index contributed by atoms with van der Waals surface area (Å²) in [4.78, 5) is 4.05. The lowest BCUT2D eigenvalue weighted by molar-refractivity contribution is 0.863. The number of hydrazine groups is 1. The van der Waals surface area contributed by atoms with Gasteiger partial charge in [-0.15, -0.1) is 12.4 Å². The van der Waals surface area contributed by atoms with Crippen LogP contribution in [-0.4, -0.2) is 14.8 Å². The molecule has 1 heterocycles. The summed E-state index contributed by atoms with van der Waals surface area (Å²) in [5.74, 6) is 6.01. The molecule has 0 fully saturated rings. The normalized spacial score (nSPS) is 9.47. The van der Waals surface area contributed by atoms with Gasteiger partial charge in [-0.1, -0.05) is 0 Å². The Morgan fingerprint density at radius 1 is 1.27 bits per heavy atom. The first-order valence-electron chi connectivity index (χ1n) is 4.25. The summed E-state index contributed by atoms with van der Waals surface area (Å²) in [7, 11) is 0. The van der Waals surface area contributed by atoms with Gasteiger partial charge in [0.15, 0.2) is 0 Å². The van der Waals surface area contributed by atoms with Crippen LogP contribution in [0.1, 0.15) is 5.82 Å². The minimum atomic E-state index is 0. The molecule has 5 nitrogen and oxygen atoms in total. The SMILES string of the molecule is Cc1ncn(-c2ccc(NN)cc2)n1.Cl. The molecule has 0 amide bonds. The molecule has 15 heavy (non-hydrogen) atoms. The van der Waals surface area contributed by atoms with E-state index in [-0.39, 0.29) is 12.4 Å². The Labute approximate surface area is 93.7 Å². The van der Waals surface area contributed by atoms with Crippen LogP contribution in [0, 0.1) is 6.92 Å². The number of anilines is 1. The molecular formula is C9H12ClN5. The van der Waals surface area contributed by atoms with E-state index < -0.39 is 0 Å². The summed E-state index contributed by atoms with van der Waals surface area (Å²) in [5.41, 5.74) is 4.39. The highest BCUT2D eigenvalue weighted by Crippen LogP contribution is 2.10. The van der Waals surface area contributed by atoms with Crippen LogP contribution in [0.5, 0.6) is 0 Å². The average Bonchev–Trinajstić information content (AvgIpc) is 2.65. The van der Waals surface area contributed by atoms with Crippen molar-refractivity contribution in [2.75, 3.05) is 5.43 Å². The zero-order chi connectivity index (χ0) is 9.97. The molecule has 1 aromatic heterocycles. The maximum absolute atomic E-state index is 5.26. The van der Waals surface area contributed by atoms with Crippen molar-refractivity contribution in [1.29, 1.82) is 0 Å². The van der Waals surface area contributed by atoms with Crippen LogP contribution >= 0.6 is 12.4 Å². The van der Waals surface area contributed by atoms with E-state index in [0.29, 0.717) is 0 Å². The fourth-order valence-corrected chi connectivity index (χ4v) is 1.18. The highest BCUT2D eigenvalue weighted by atomic mass is 35.5. The molecule has 0 aliphatic rings. The molecule has 2 rings (SSSR count). The number of nitrogen functional groups attached to an aromatic ring is 1. The minimum Gasteiger partial charge on any atom is -0.324 e. The summed E-state index contributed by atoms with van der Waals surface area (Å²) >= 11 is 0. The maximum atomic E-state index is 5.26. The van der Waals surface area contributed by atoms with Gasteiger partial charge in [0.25, 0.3) is 0 Å². The predicted octanol–water partition coefficient (Wildman–Crippen LogP) is 1.28. The third kappa shape index (κ3) is 2.45. The van der Waals surface area contributed by atoms with Crippen LogP contribution < -0.4 is 11.3 Å². The number of rotatable bonds is 2. The van der Waals surface area contributed by atoms with Gasteiger partial charge in [-0.3, -0.25) is 5.84 Å². The van der Waals surface area contributed by atoms with Crippen molar-refractivity contribution in [3.8, 4) is 5.69 Å². The molecule has 0 radical (unpaired) electrons. The number of hydrogen-bond donors (Lipinski definition) is 2. The van der Waals surface area contributed by atoms with Gasteiger partial charge in [-0.05, 0) is 31.2 Å². The van der Waals surface area contributed by atoms with E-state index in [1.54, 1.807) is 11.0 Å². The van der Waals surface area contributed by atoms with Crippen molar-refractivity contribution in [3.05, 3.63) is 36.4 Å². The van der Waals surface area contributed by atoms with Gasteiger partial charge in [0.2, 0.25) is 0 Å². The quantitative estimate of drug-likeness (QED) is 0.597. The van der Waals surface area contributed by atoms with Gasteiger partial charge in [0.05, 0.1) is 5.69 Å². The summed E-state index contributed by atoms with van der Waals surface area (Å²) in [5, 5.41) is 4.19. The van der Waals surface area contributed by atoms with E-state index in [4.69, 9.17) is 5.84 Å². The first-order valence-corrected chi connectivity index (χ1v) is 4.25. The van der Waals surface area contributed by atoms with Gasteiger partial charge in [0, 0.05) is 5.69 Å². The highest BCUT2D eigenvalue weighted by Gasteiger charge is 1.98. The van der Waals surface area contributed by atoms with E-state index in [0.717, 1.165) is 17.2 Å². The molecule has 1 aromatic carbocycles. The maximum Gasteiger partial charge on any atom is 0.147 e. The molecule has 0 atom stereocenters. The number of benzene rings is 1. The first kappa shape index (κ1) is 11.5. The lowest BCUT2D eigenvalue weighted by Gasteiger charge is -2.02. The number of nitrogens with two attached hydrogens (primary N) is 1. The smallest absolute Gasteiger partial charge is 0.147 e. The Morgan fingerprint density at radius 2 is 1.93 bits per heavy atom. The highest BCUT2D eigenvalue weighted by molar-refractivity contribution is 5.85. The van der Waals surface area contributed by atoms with Gasteiger partial charge in [0.1, 0.15) is 12.2 Å². The van der Waals surface area contributed by atoms with Gasteiger partial charge in [-0.25, -0.2) is 9.67 Å². The largest absolute Gasteiger partial charge is 0.324 e. The topological polar surface area (TPSA) is 68.8 Å². The molecule has 0 spiro atoms. The van der Waals surface area contributed by atoms with E-state index in [1.165, 1.54) is 0 Å². The van der Waals surface area contributed by atoms with E-state index in [1.807, 2.05) is 31.2 Å². The predicted molar refractivity (Wildman–Crippen MR) is 61.2 cm³/mol. The second kappa shape index (κ2) is 4.77. The van der Waals surface area contributed by atoms with Crippen LogP contribution in [0.15, 0.2) is 30.6 Å². The lowest BCUT2D eigenvalue weighted by atomic mass is 10.3. The van der Waals surface area contributed by atoms with Crippen LogP contribution in [0.4, 0.5) is 5.69 Å². The summed E-state index contributed by atoms with van der Waals surface area (Å²) in [6.45, 7) is 1.85. The Hall–Kier alpha value is -1.59.